The van der Waals surface area contributed by atoms with Crippen LogP contribution in [-0.2, 0) is 17.8 Å². The predicted octanol–water partition coefficient (Wildman–Crippen LogP) is 5.79. The molecule has 0 fully saturated rings. The number of benzene rings is 3. The Morgan fingerprint density at radius 1 is 1.03 bits per heavy atom. The molecule has 1 amide bonds. The van der Waals surface area contributed by atoms with Crippen LogP contribution in [-0.4, -0.2) is 22.7 Å². The highest BCUT2D eigenvalue weighted by molar-refractivity contribution is 7.15. The number of aromatic nitrogens is 2. The van der Waals surface area contributed by atoms with Gasteiger partial charge in [-0.3, -0.25) is 10.1 Å². The van der Waals surface area contributed by atoms with Gasteiger partial charge in [-0.2, -0.15) is 5.26 Å². The van der Waals surface area contributed by atoms with Crippen LogP contribution in [0.3, 0.4) is 0 Å². The van der Waals surface area contributed by atoms with Crippen molar-refractivity contribution in [1.29, 1.82) is 5.26 Å². The number of rotatable bonds is 10. The van der Waals surface area contributed by atoms with Crippen molar-refractivity contribution in [3.8, 4) is 17.6 Å². The van der Waals surface area contributed by atoms with Gasteiger partial charge in [0.1, 0.15) is 29.1 Å². The van der Waals surface area contributed by atoms with E-state index in [1.54, 1.807) is 30.3 Å². The summed E-state index contributed by atoms with van der Waals surface area (Å²) in [5.74, 6) is 0.0577. The maximum atomic E-state index is 13.1. The number of ether oxygens (including phenoxy) is 2. The van der Waals surface area contributed by atoms with E-state index in [9.17, 15) is 14.4 Å². The van der Waals surface area contributed by atoms with E-state index in [0.29, 0.717) is 35.2 Å². The third-order valence-corrected chi connectivity index (χ3v) is 5.98. The maximum absolute atomic E-state index is 13.1. The highest BCUT2D eigenvalue weighted by Crippen LogP contribution is 2.30. The number of carbonyl (C=O) groups excluding carboxylic acids is 1. The molecule has 0 saturated carbocycles. The van der Waals surface area contributed by atoms with Crippen molar-refractivity contribution in [3.05, 3.63) is 106 Å². The third kappa shape index (κ3) is 7.22. The summed E-state index contributed by atoms with van der Waals surface area (Å²) in [5, 5.41) is 21.5. The largest absolute Gasteiger partial charge is 0.490 e. The van der Waals surface area contributed by atoms with Gasteiger partial charge in [0.05, 0.1) is 6.61 Å². The van der Waals surface area contributed by atoms with E-state index < -0.39 is 5.91 Å². The van der Waals surface area contributed by atoms with Gasteiger partial charge in [0, 0.05) is 6.42 Å². The zero-order valence-corrected chi connectivity index (χ0v) is 20.8. The van der Waals surface area contributed by atoms with Gasteiger partial charge in [-0.15, -0.1) is 10.2 Å². The van der Waals surface area contributed by atoms with Gasteiger partial charge in [-0.1, -0.05) is 59.9 Å². The molecule has 4 aromatic rings. The summed E-state index contributed by atoms with van der Waals surface area (Å²) in [5.41, 5.74) is 2.39. The van der Waals surface area contributed by atoms with Crippen molar-refractivity contribution in [1.82, 2.24) is 10.2 Å². The van der Waals surface area contributed by atoms with E-state index in [0.717, 1.165) is 16.1 Å². The molecule has 0 unspecified atom stereocenters. The molecule has 0 bridgehead atoms. The van der Waals surface area contributed by atoms with Crippen molar-refractivity contribution < 1.29 is 18.7 Å². The fourth-order valence-corrected chi connectivity index (χ4v) is 4.14. The summed E-state index contributed by atoms with van der Waals surface area (Å²) in [6.45, 7) is 2.47. The van der Waals surface area contributed by atoms with Crippen molar-refractivity contribution in [2.24, 2.45) is 0 Å². The molecule has 0 atom stereocenters. The molecule has 186 valence electrons. The second-order valence-electron chi connectivity index (χ2n) is 7.84. The smallest absolute Gasteiger partial charge is 0.268 e. The van der Waals surface area contributed by atoms with Crippen molar-refractivity contribution in [2.45, 2.75) is 20.0 Å². The van der Waals surface area contributed by atoms with Crippen LogP contribution in [0, 0.1) is 17.1 Å². The number of carbonyl (C=O) groups is 1. The Kier molecular flexibility index (Phi) is 8.57. The zero-order chi connectivity index (χ0) is 26.0. The lowest BCUT2D eigenvalue weighted by molar-refractivity contribution is -0.112. The van der Waals surface area contributed by atoms with Crippen LogP contribution in [0.5, 0.6) is 11.5 Å². The molecular weight excluding hydrogens is 491 g/mol. The first-order valence-electron chi connectivity index (χ1n) is 11.5. The van der Waals surface area contributed by atoms with Crippen LogP contribution >= 0.6 is 11.3 Å². The van der Waals surface area contributed by atoms with Crippen LogP contribution < -0.4 is 14.8 Å². The minimum atomic E-state index is -0.584. The van der Waals surface area contributed by atoms with Gasteiger partial charge in [0.2, 0.25) is 5.13 Å². The molecule has 0 aliphatic heterocycles. The molecule has 7 nitrogen and oxygen atoms in total. The highest BCUT2D eigenvalue weighted by Gasteiger charge is 2.14. The van der Waals surface area contributed by atoms with Gasteiger partial charge in [0.25, 0.3) is 5.91 Å². The number of hydrogen-bond acceptors (Lipinski definition) is 7. The Bertz CT molecular complexity index is 1430. The van der Waals surface area contributed by atoms with Crippen LogP contribution in [0.25, 0.3) is 6.08 Å². The fraction of sp³-hybridized carbons (Fsp3) is 0.143. The van der Waals surface area contributed by atoms with Crippen LogP contribution in [0.4, 0.5) is 9.52 Å². The molecule has 0 aliphatic carbocycles. The van der Waals surface area contributed by atoms with E-state index in [1.165, 1.54) is 29.5 Å². The number of anilines is 1. The summed E-state index contributed by atoms with van der Waals surface area (Å²) in [6, 6.07) is 22.9. The molecule has 0 saturated heterocycles. The lowest BCUT2D eigenvalue weighted by Crippen LogP contribution is -2.13. The SMILES string of the molecule is CCOc1cc(/C=C(/C#N)C(=O)Nc2nnc(Cc3ccccc3)s2)ccc1OCc1ccc(F)cc1. The molecule has 1 aromatic heterocycles. The lowest BCUT2D eigenvalue weighted by atomic mass is 10.1. The van der Waals surface area contributed by atoms with E-state index >= 15 is 0 Å². The summed E-state index contributed by atoms with van der Waals surface area (Å²) in [4.78, 5) is 12.7. The maximum Gasteiger partial charge on any atom is 0.268 e. The topological polar surface area (TPSA) is 97.1 Å². The highest BCUT2D eigenvalue weighted by atomic mass is 32.1. The van der Waals surface area contributed by atoms with Gasteiger partial charge < -0.3 is 9.47 Å². The molecule has 1 N–H and O–H groups in total. The van der Waals surface area contributed by atoms with Gasteiger partial charge in [0.15, 0.2) is 11.5 Å². The average Bonchev–Trinajstić information content (AvgIpc) is 3.34. The zero-order valence-electron chi connectivity index (χ0n) is 20.0. The molecule has 37 heavy (non-hydrogen) atoms. The van der Waals surface area contributed by atoms with Gasteiger partial charge in [-0.25, -0.2) is 4.39 Å². The average molecular weight is 515 g/mol. The Balaban J connectivity index is 1.44. The first kappa shape index (κ1) is 25.5. The first-order valence-corrected chi connectivity index (χ1v) is 12.3. The number of nitrogens with zero attached hydrogens (tertiary/aromatic N) is 3. The second kappa shape index (κ2) is 12.4. The van der Waals surface area contributed by atoms with Crippen molar-refractivity contribution >= 4 is 28.5 Å². The van der Waals surface area contributed by atoms with Gasteiger partial charge >= 0.3 is 0 Å². The molecule has 4 rings (SSSR count). The number of nitrogens with one attached hydrogen (secondary N) is 1. The Morgan fingerprint density at radius 3 is 2.54 bits per heavy atom. The molecule has 9 heteroatoms. The quantitative estimate of drug-likeness (QED) is 0.212. The first-order chi connectivity index (χ1) is 18.0. The van der Waals surface area contributed by atoms with E-state index in [1.807, 2.05) is 43.3 Å². The van der Waals surface area contributed by atoms with Crippen LogP contribution in [0.15, 0.2) is 78.4 Å². The summed E-state index contributed by atoms with van der Waals surface area (Å²) in [7, 11) is 0. The molecule has 3 aromatic carbocycles. The molecular formula is C28H23FN4O3S. The van der Waals surface area contributed by atoms with Crippen molar-refractivity contribution in [2.75, 3.05) is 11.9 Å². The van der Waals surface area contributed by atoms with E-state index in [-0.39, 0.29) is 18.0 Å². The lowest BCUT2D eigenvalue weighted by Gasteiger charge is -2.13. The summed E-state index contributed by atoms with van der Waals surface area (Å²) in [6.07, 6.45) is 2.07. The van der Waals surface area contributed by atoms with Gasteiger partial charge in [-0.05, 0) is 54.0 Å². The Hall–Kier alpha value is -4.55. The standard InChI is InChI=1S/C28H23FN4O3S/c1-2-35-25-15-21(10-13-24(25)36-18-20-8-11-23(29)12-9-20)14-22(17-30)27(34)31-28-33-32-26(37-28)16-19-6-4-3-5-7-19/h3-15H,2,16,18H2,1H3,(H,31,33,34)/b22-14-. The van der Waals surface area contributed by atoms with E-state index in [4.69, 9.17) is 9.47 Å². The summed E-state index contributed by atoms with van der Waals surface area (Å²) >= 11 is 1.26. The van der Waals surface area contributed by atoms with Crippen molar-refractivity contribution in [3.63, 3.8) is 0 Å². The number of halogens is 1. The number of nitriles is 1. The van der Waals surface area contributed by atoms with E-state index in [2.05, 4.69) is 15.5 Å². The second-order valence-corrected chi connectivity index (χ2v) is 8.90. The molecule has 0 radical (unpaired) electrons. The minimum absolute atomic E-state index is 0.0951. The van der Waals surface area contributed by atoms with Crippen LogP contribution in [0.2, 0.25) is 0 Å². The predicted molar refractivity (Wildman–Crippen MR) is 140 cm³/mol. The Morgan fingerprint density at radius 2 is 1.81 bits per heavy atom. The normalized spacial score (nSPS) is 11.0. The number of hydrogen-bond donors (Lipinski definition) is 1. The molecule has 1 heterocycles. The monoisotopic (exact) mass is 514 g/mol. The number of amides is 1. The Labute approximate surface area is 217 Å². The minimum Gasteiger partial charge on any atom is -0.490 e. The molecule has 0 spiro atoms. The fourth-order valence-electron chi connectivity index (χ4n) is 3.37. The van der Waals surface area contributed by atoms with Crippen LogP contribution in [0.1, 0.15) is 28.6 Å². The summed E-state index contributed by atoms with van der Waals surface area (Å²) < 4.78 is 24.7. The molecule has 0 aliphatic rings. The third-order valence-electron chi connectivity index (χ3n) is 5.14.